The number of carbonyl (C=O) groups is 1. The Morgan fingerprint density at radius 3 is 2.16 bits per heavy atom. The van der Waals surface area contributed by atoms with Gasteiger partial charge in [-0.15, -0.1) is 11.6 Å². The zero-order valence-corrected chi connectivity index (χ0v) is 19.0. The first-order valence-corrected chi connectivity index (χ1v) is 11.7. The van der Waals surface area contributed by atoms with Crippen molar-refractivity contribution < 1.29 is 18.1 Å². The molecular weight excluding hydrogens is 508 g/mol. The van der Waals surface area contributed by atoms with Gasteiger partial charge in [-0.05, 0) is 23.8 Å². The maximum atomic E-state index is 13.2. The third kappa shape index (κ3) is 5.37. The highest BCUT2D eigenvalue weighted by Gasteiger charge is 2.35. The highest BCUT2D eigenvalue weighted by molar-refractivity contribution is 9.10. The number of Topliss-reactive ketones (excluding diaryl/α,β-unsaturated/α-hetero) is 1. The molecule has 0 aliphatic carbocycles. The van der Waals surface area contributed by atoms with Gasteiger partial charge in [0.25, 0.3) is 5.69 Å². The standard InChI is InChI=1S/C21H16BrClN2O5S/c22-16-12-10-14(11-13-16)19(23)20(21(26)15-6-2-1-3-7-15)24-31(29,30)18-9-5-4-8-17(18)25(27)28/h1-13,19-20,24H/t19-,20-/m1/s1. The summed E-state index contributed by atoms with van der Waals surface area (Å²) in [6.45, 7) is 0. The lowest BCUT2D eigenvalue weighted by Crippen LogP contribution is -2.43. The van der Waals surface area contributed by atoms with Crippen LogP contribution in [0.25, 0.3) is 0 Å². The van der Waals surface area contributed by atoms with Crippen LogP contribution in [0.3, 0.4) is 0 Å². The van der Waals surface area contributed by atoms with Crippen molar-refractivity contribution in [3.8, 4) is 0 Å². The predicted molar refractivity (Wildman–Crippen MR) is 121 cm³/mol. The summed E-state index contributed by atoms with van der Waals surface area (Å²) in [7, 11) is -4.46. The molecular formula is C21H16BrClN2O5S. The second kappa shape index (κ2) is 9.69. The summed E-state index contributed by atoms with van der Waals surface area (Å²) in [5.41, 5.74) is 0.153. The van der Waals surface area contributed by atoms with Crippen molar-refractivity contribution >= 4 is 49.0 Å². The number of carbonyl (C=O) groups excluding carboxylic acids is 1. The molecule has 0 unspecified atom stereocenters. The fraction of sp³-hybridized carbons (Fsp3) is 0.0952. The third-order valence-electron chi connectivity index (χ3n) is 4.46. The zero-order valence-electron chi connectivity index (χ0n) is 15.8. The van der Waals surface area contributed by atoms with Crippen LogP contribution in [0.4, 0.5) is 5.69 Å². The van der Waals surface area contributed by atoms with Gasteiger partial charge in [0.2, 0.25) is 10.0 Å². The first-order valence-electron chi connectivity index (χ1n) is 8.95. The fourth-order valence-corrected chi connectivity index (χ4v) is 4.98. The number of benzene rings is 3. The Bertz CT molecular complexity index is 1200. The molecule has 0 aliphatic rings. The summed E-state index contributed by atoms with van der Waals surface area (Å²) in [6.07, 6.45) is 0. The Morgan fingerprint density at radius 2 is 1.55 bits per heavy atom. The molecule has 0 aromatic heterocycles. The van der Waals surface area contributed by atoms with E-state index in [1.54, 1.807) is 54.6 Å². The molecule has 0 fully saturated rings. The molecule has 0 aliphatic heterocycles. The van der Waals surface area contributed by atoms with Gasteiger partial charge in [0.05, 0.1) is 10.3 Å². The normalized spacial score (nSPS) is 13.4. The van der Waals surface area contributed by atoms with Gasteiger partial charge in [-0.3, -0.25) is 14.9 Å². The lowest BCUT2D eigenvalue weighted by Gasteiger charge is -2.23. The monoisotopic (exact) mass is 522 g/mol. The summed E-state index contributed by atoms with van der Waals surface area (Å²) >= 11 is 9.88. The predicted octanol–water partition coefficient (Wildman–Crippen LogP) is 4.87. The van der Waals surface area contributed by atoms with Gasteiger partial charge >= 0.3 is 0 Å². The molecule has 10 heteroatoms. The molecule has 0 saturated heterocycles. The molecule has 0 bridgehead atoms. The maximum absolute atomic E-state index is 13.2. The smallest absolute Gasteiger partial charge is 0.289 e. The lowest BCUT2D eigenvalue weighted by molar-refractivity contribution is -0.387. The maximum Gasteiger partial charge on any atom is 0.289 e. The molecule has 3 rings (SSSR count). The Morgan fingerprint density at radius 1 is 0.968 bits per heavy atom. The van der Waals surface area contributed by atoms with E-state index in [9.17, 15) is 23.3 Å². The molecule has 0 spiro atoms. The number of nitro benzene ring substituents is 1. The van der Waals surface area contributed by atoms with E-state index in [0.717, 1.165) is 16.6 Å². The van der Waals surface area contributed by atoms with Crippen LogP contribution in [-0.2, 0) is 10.0 Å². The van der Waals surface area contributed by atoms with Crippen LogP contribution in [0.5, 0.6) is 0 Å². The molecule has 3 aromatic carbocycles. The number of nitrogens with one attached hydrogen (secondary N) is 1. The molecule has 160 valence electrons. The second-order valence-corrected chi connectivity index (χ2v) is 9.58. The molecule has 7 nitrogen and oxygen atoms in total. The van der Waals surface area contributed by atoms with E-state index in [0.29, 0.717) is 5.56 Å². The minimum Gasteiger partial charge on any atom is -0.292 e. The quantitative estimate of drug-likeness (QED) is 0.196. The van der Waals surface area contributed by atoms with Crippen LogP contribution in [-0.4, -0.2) is 25.2 Å². The van der Waals surface area contributed by atoms with Crippen LogP contribution in [0.15, 0.2) is 88.2 Å². The number of hydrogen-bond donors (Lipinski definition) is 1. The Labute approximate surface area is 192 Å². The van der Waals surface area contributed by atoms with E-state index in [1.165, 1.54) is 12.1 Å². The van der Waals surface area contributed by atoms with Crippen LogP contribution in [0, 0.1) is 10.1 Å². The number of alkyl halides is 1. The molecule has 0 amide bonds. The van der Waals surface area contributed by atoms with E-state index < -0.39 is 42.7 Å². The fourth-order valence-electron chi connectivity index (χ4n) is 2.93. The SMILES string of the molecule is O=C(c1ccccc1)[C@H](NS(=O)(=O)c1ccccc1[N+](=O)[O-])[C@H](Cl)c1ccc(Br)cc1. The molecule has 1 N–H and O–H groups in total. The van der Waals surface area contributed by atoms with Crippen LogP contribution in [0.2, 0.25) is 0 Å². The van der Waals surface area contributed by atoms with Crippen molar-refractivity contribution in [2.75, 3.05) is 0 Å². The van der Waals surface area contributed by atoms with E-state index >= 15 is 0 Å². The summed E-state index contributed by atoms with van der Waals surface area (Å²) in [4.78, 5) is 23.2. The summed E-state index contributed by atoms with van der Waals surface area (Å²) in [5.74, 6) is -0.564. The van der Waals surface area contributed by atoms with Gasteiger partial charge in [-0.1, -0.05) is 70.5 Å². The average molecular weight is 524 g/mol. The van der Waals surface area contributed by atoms with Crippen molar-refractivity contribution in [3.05, 3.63) is 105 Å². The van der Waals surface area contributed by atoms with Crippen molar-refractivity contribution in [1.82, 2.24) is 4.72 Å². The van der Waals surface area contributed by atoms with Crippen molar-refractivity contribution in [1.29, 1.82) is 0 Å². The lowest BCUT2D eigenvalue weighted by atomic mass is 9.98. The largest absolute Gasteiger partial charge is 0.292 e. The average Bonchev–Trinajstić information content (AvgIpc) is 2.77. The summed E-state index contributed by atoms with van der Waals surface area (Å²) < 4.78 is 29.2. The Balaban J connectivity index is 2.05. The van der Waals surface area contributed by atoms with Crippen molar-refractivity contribution in [2.24, 2.45) is 0 Å². The summed E-state index contributed by atoms with van der Waals surface area (Å²) in [5, 5.41) is 10.2. The molecule has 0 heterocycles. The van der Waals surface area contributed by atoms with Crippen LogP contribution < -0.4 is 4.72 Å². The first kappa shape index (κ1) is 23.1. The van der Waals surface area contributed by atoms with Gasteiger partial charge in [0.1, 0.15) is 6.04 Å². The highest BCUT2D eigenvalue weighted by atomic mass is 79.9. The third-order valence-corrected chi connectivity index (χ3v) is 6.98. The number of halogens is 2. The molecule has 0 radical (unpaired) electrons. The number of rotatable bonds is 8. The molecule has 2 atom stereocenters. The highest BCUT2D eigenvalue weighted by Crippen LogP contribution is 2.30. The number of sulfonamides is 1. The number of nitrogens with zero attached hydrogens (tertiary/aromatic N) is 1. The summed E-state index contributed by atoms with van der Waals surface area (Å²) in [6, 6.07) is 18.3. The Hall–Kier alpha value is -2.59. The number of ketones is 1. The van der Waals surface area contributed by atoms with Gasteiger partial charge in [-0.25, -0.2) is 8.42 Å². The molecule has 31 heavy (non-hydrogen) atoms. The van der Waals surface area contributed by atoms with E-state index in [1.807, 2.05) is 0 Å². The molecule has 0 saturated carbocycles. The topological polar surface area (TPSA) is 106 Å². The van der Waals surface area contributed by atoms with Gasteiger partial charge in [0.15, 0.2) is 10.7 Å². The van der Waals surface area contributed by atoms with Crippen LogP contribution >= 0.6 is 27.5 Å². The molecule has 3 aromatic rings. The Kier molecular flexibility index (Phi) is 7.22. The minimum atomic E-state index is -4.46. The van der Waals surface area contributed by atoms with E-state index in [-0.39, 0.29) is 5.56 Å². The number of hydrogen-bond acceptors (Lipinski definition) is 5. The van der Waals surface area contributed by atoms with Crippen molar-refractivity contribution in [2.45, 2.75) is 16.3 Å². The zero-order chi connectivity index (χ0) is 22.6. The van der Waals surface area contributed by atoms with Gasteiger partial charge in [-0.2, -0.15) is 4.72 Å². The van der Waals surface area contributed by atoms with E-state index in [4.69, 9.17) is 11.6 Å². The number of nitro groups is 1. The van der Waals surface area contributed by atoms with E-state index in [2.05, 4.69) is 20.7 Å². The minimum absolute atomic E-state index is 0.250. The number of para-hydroxylation sites is 1. The van der Waals surface area contributed by atoms with Gasteiger partial charge < -0.3 is 0 Å². The van der Waals surface area contributed by atoms with Crippen LogP contribution in [0.1, 0.15) is 21.3 Å². The second-order valence-electron chi connectivity index (χ2n) is 6.51. The van der Waals surface area contributed by atoms with Crippen molar-refractivity contribution in [3.63, 3.8) is 0 Å². The van der Waals surface area contributed by atoms with Gasteiger partial charge in [0, 0.05) is 16.1 Å². The first-order chi connectivity index (χ1) is 14.7.